The lowest BCUT2D eigenvalue weighted by Gasteiger charge is -2.16. The van der Waals surface area contributed by atoms with Crippen LogP contribution in [0.5, 0.6) is 5.75 Å². The Hall–Kier alpha value is -1.51. The maximum absolute atomic E-state index is 10.4. The van der Waals surface area contributed by atoms with Crippen molar-refractivity contribution < 1.29 is 9.84 Å². The molecule has 0 bridgehead atoms. The highest BCUT2D eigenvalue weighted by Crippen LogP contribution is 2.29. The minimum atomic E-state index is -0.623. The molecule has 0 aliphatic carbocycles. The van der Waals surface area contributed by atoms with E-state index in [-0.39, 0.29) is 0 Å². The highest BCUT2D eigenvalue weighted by molar-refractivity contribution is 6.31. The normalized spacial score (nSPS) is 12.2. The first-order chi connectivity index (χ1) is 9.22. The molecule has 100 valence electrons. The van der Waals surface area contributed by atoms with E-state index in [0.29, 0.717) is 18.1 Å². The van der Waals surface area contributed by atoms with Crippen LogP contribution >= 0.6 is 11.6 Å². The van der Waals surface area contributed by atoms with E-state index in [0.717, 1.165) is 16.9 Å². The number of rotatable bonds is 5. The first-order valence-corrected chi connectivity index (χ1v) is 6.73. The van der Waals surface area contributed by atoms with Crippen molar-refractivity contribution in [3.8, 4) is 5.75 Å². The molecule has 0 radical (unpaired) electrons. The van der Waals surface area contributed by atoms with E-state index in [2.05, 4.69) is 0 Å². The SMILES string of the molecule is CCOc1ccccc1C(O)Cc1ccccc1Cl. The maximum Gasteiger partial charge on any atom is 0.125 e. The molecule has 2 nitrogen and oxygen atoms in total. The zero-order valence-electron chi connectivity index (χ0n) is 10.8. The molecule has 0 aromatic heterocycles. The van der Waals surface area contributed by atoms with E-state index in [1.807, 2.05) is 55.5 Å². The molecule has 0 fully saturated rings. The topological polar surface area (TPSA) is 29.5 Å². The molecule has 1 unspecified atom stereocenters. The molecule has 0 amide bonds. The van der Waals surface area contributed by atoms with Gasteiger partial charge in [0, 0.05) is 17.0 Å². The van der Waals surface area contributed by atoms with Crippen LogP contribution in [0.1, 0.15) is 24.2 Å². The summed E-state index contributed by atoms with van der Waals surface area (Å²) in [5.41, 5.74) is 1.73. The van der Waals surface area contributed by atoms with Crippen LogP contribution in [0.4, 0.5) is 0 Å². The largest absolute Gasteiger partial charge is 0.493 e. The van der Waals surface area contributed by atoms with Crippen LogP contribution in [0.2, 0.25) is 5.02 Å². The molecule has 2 rings (SSSR count). The Labute approximate surface area is 118 Å². The van der Waals surface area contributed by atoms with Gasteiger partial charge in [-0.15, -0.1) is 0 Å². The third-order valence-corrected chi connectivity index (χ3v) is 3.32. The van der Waals surface area contributed by atoms with Gasteiger partial charge in [-0.25, -0.2) is 0 Å². The van der Waals surface area contributed by atoms with Crippen molar-refractivity contribution in [3.05, 3.63) is 64.7 Å². The summed E-state index contributed by atoms with van der Waals surface area (Å²) >= 11 is 6.11. The van der Waals surface area contributed by atoms with Gasteiger partial charge in [0.1, 0.15) is 5.75 Å². The van der Waals surface area contributed by atoms with Gasteiger partial charge in [-0.05, 0) is 24.6 Å². The van der Waals surface area contributed by atoms with Gasteiger partial charge < -0.3 is 9.84 Å². The zero-order valence-corrected chi connectivity index (χ0v) is 11.6. The van der Waals surface area contributed by atoms with Crippen LogP contribution in [-0.2, 0) is 6.42 Å². The molecule has 3 heteroatoms. The molecule has 2 aromatic carbocycles. The number of hydrogen-bond acceptors (Lipinski definition) is 2. The number of benzene rings is 2. The maximum atomic E-state index is 10.4. The molecule has 1 atom stereocenters. The molecule has 2 aromatic rings. The summed E-state index contributed by atoms with van der Waals surface area (Å²) in [6.07, 6.45) is -0.147. The van der Waals surface area contributed by atoms with E-state index in [1.54, 1.807) is 0 Å². The average molecular weight is 277 g/mol. The van der Waals surface area contributed by atoms with Crippen LogP contribution in [-0.4, -0.2) is 11.7 Å². The molecular formula is C16H17ClO2. The Morgan fingerprint density at radius 3 is 2.53 bits per heavy atom. The van der Waals surface area contributed by atoms with Crippen molar-refractivity contribution in [2.45, 2.75) is 19.4 Å². The molecular weight excluding hydrogens is 260 g/mol. The quantitative estimate of drug-likeness (QED) is 0.894. The third-order valence-electron chi connectivity index (χ3n) is 2.95. The van der Waals surface area contributed by atoms with E-state index in [9.17, 15) is 5.11 Å². The van der Waals surface area contributed by atoms with Crippen molar-refractivity contribution in [1.29, 1.82) is 0 Å². The fourth-order valence-electron chi connectivity index (χ4n) is 2.02. The van der Waals surface area contributed by atoms with Crippen molar-refractivity contribution in [2.24, 2.45) is 0 Å². The summed E-state index contributed by atoms with van der Waals surface area (Å²) in [5.74, 6) is 0.726. The van der Waals surface area contributed by atoms with Crippen LogP contribution in [0.25, 0.3) is 0 Å². The predicted molar refractivity (Wildman–Crippen MR) is 77.7 cm³/mol. The summed E-state index contributed by atoms with van der Waals surface area (Å²) in [6.45, 7) is 2.51. The molecule has 19 heavy (non-hydrogen) atoms. The van der Waals surface area contributed by atoms with Gasteiger partial charge in [0.25, 0.3) is 0 Å². The summed E-state index contributed by atoms with van der Waals surface area (Å²) < 4.78 is 5.53. The highest BCUT2D eigenvalue weighted by atomic mass is 35.5. The number of aliphatic hydroxyl groups excluding tert-OH is 1. The average Bonchev–Trinajstić information content (AvgIpc) is 2.42. The number of hydrogen-bond donors (Lipinski definition) is 1. The molecule has 0 spiro atoms. The second-order valence-electron chi connectivity index (χ2n) is 4.28. The lowest BCUT2D eigenvalue weighted by atomic mass is 10.0. The molecule has 0 aliphatic heterocycles. The number of para-hydroxylation sites is 1. The summed E-state index contributed by atoms with van der Waals surface area (Å²) in [7, 11) is 0. The summed E-state index contributed by atoms with van der Waals surface area (Å²) in [4.78, 5) is 0. The monoisotopic (exact) mass is 276 g/mol. The second kappa shape index (κ2) is 6.60. The van der Waals surface area contributed by atoms with Crippen LogP contribution in [0.3, 0.4) is 0 Å². The number of halogens is 1. The summed E-state index contributed by atoms with van der Waals surface area (Å²) in [6, 6.07) is 15.1. The molecule has 0 saturated heterocycles. The van der Waals surface area contributed by atoms with Gasteiger partial charge in [0.2, 0.25) is 0 Å². The van der Waals surface area contributed by atoms with Crippen LogP contribution in [0.15, 0.2) is 48.5 Å². The third kappa shape index (κ3) is 3.49. The van der Waals surface area contributed by atoms with Crippen LogP contribution in [0, 0.1) is 0 Å². The van der Waals surface area contributed by atoms with Crippen molar-refractivity contribution in [3.63, 3.8) is 0 Å². The van der Waals surface area contributed by atoms with Gasteiger partial charge in [-0.1, -0.05) is 48.0 Å². The minimum Gasteiger partial charge on any atom is -0.493 e. The lowest BCUT2D eigenvalue weighted by Crippen LogP contribution is -2.05. The van der Waals surface area contributed by atoms with E-state index < -0.39 is 6.10 Å². The first-order valence-electron chi connectivity index (χ1n) is 6.35. The standard InChI is InChI=1S/C16H17ClO2/c1-2-19-16-10-6-4-8-13(16)15(18)11-12-7-3-5-9-14(12)17/h3-10,15,18H,2,11H2,1H3. The molecule has 1 N–H and O–H groups in total. The summed E-state index contributed by atoms with van der Waals surface area (Å²) in [5, 5.41) is 11.0. The van der Waals surface area contributed by atoms with Gasteiger partial charge in [0.05, 0.1) is 12.7 Å². The van der Waals surface area contributed by atoms with E-state index in [4.69, 9.17) is 16.3 Å². The fourth-order valence-corrected chi connectivity index (χ4v) is 2.24. The lowest BCUT2D eigenvalue weighted by molar-refractivity contribution is 0.172. The smallest absolute Gasteiger partial charge is 0.125 e. The van der Waals surface area contributed by atoms with Gasteiger partial charge in [0.15, 0.2) is 0 Å². The Balaban J connectivity index is 2.20. The minimum absolute atomic E-state index is 0.476. The Morgan fingerprint density at radius 1 is 1.11 bits per heavy atom. The van der Waals surface area contributed by atoms with Crippen molar-refractivity contribution in [2.75, 3.05) is 6.61 Å². The number of aliphatic hydroxyl groups is 1. The Kier molecular flexibility index (Phi) is 4.83. The highest BCUT2D eigenvalue weighted by Gasteiger charge is 2.14. The Morgan fingerprint density at radius 2 is 1.79 bits per heavy atom. The van der Waals surface area contributed by atoms with Crippen LogP contribution < -0.4 is 4.74 Å². The van der Waals surface area contributed by atoms with Gasteiger partial charge in [-0.3, -0.25) is 0 Å². The first kappa shape index (κ1) is 13.9. The Bertz CT molecular complexity index is 540. The van der Waals surface area contributed by atoms with Gasteiger partial charge >= 0.3 is 0 Å². The van der Waals surface area contributed by atoms with E-state index in [1.165, 1.54) is 0 Å². The zero-order chi connectivity index (χ0) is 13.7. The number of ether oxygens (including phenoxy) is 1. The second-order valence-corrected chi connectivity index (χ2v) is 4.69. The van der Waals surface area contributed by atoms with Crippen molar-refractivity contribution >= 4 is 11.6 Å². The fraction of sp³-hybridized carbons (Fsp3) is 0.250. The molecule has 0 saturated carbocycles. The molecule has 0 heterocycles. The molecule has 0 aliphatic rings. The van der Waals surface area contributed by atoms with E-state index >= 15 is 0 Å². The van der Waals surface area contributed by atoms with Crippen molar-refractivity contribution in [1.82, 2.24) is 0 Å². The predicted octanol–water partition coefficient (Wildman–Crippen LogP) is 4.01. The van der Waals surface area contributed by atoms with Gasteiger partial charge in [-0.2, -0.15) is 0 Å².